The van der Waals surface area contributed by atoms with Gasteiger partial charge in [-0.25, -0.2) is 4.79 Å². The van der Waals surface area contributed by atoms with Crippen molar-refractivity contribution in [1.82, 2.24) is 0 Å². The van der Waals surface area contributed by atoms with Gasteiger partial charge in [0.15, 0.2) is 0 Å². The summed E-state index contributed by atoms with van der Waals surface area (Å²) in [6.07, 6.45) is -0.519. The standard InChI is InChI=1S/C11H10N2O4/c12-6-7-1-3-8(4-2-7)13-9(11(16)17)5-10(14)15/h1-4,9,13H,5H2,(H,14,15)(H,16,17). The molecule has 0 fully saturated rings. The maximum absolute atomic E-state index is 10.8. The predicted molar refractivity (Wildman–Crippen MR) is 58.5 cm³/mol. The van der Waals surface area contributed by atoms with Gasteiger partial charge in [0.25, 0.3) is 0 Å². The molecule has 6 nitrogen and oxygen atoms in total. The van der Waals surface area contributed by atoms with Crippen molar-refractivity contribution in [2.45, 2.75) is 12.5 Å². The van der Waals surface area contributed by atoms with E-state index in [1.54, 1.807) is 0 Å². The largest absolute Gasteiger partial charge is 0.481 e. The number of carbonyl (C=O) groups is 2. The quantitative estimate of drug-likeness (QED) is 0.698. The molecule has 0 heterocycles. The van der Waals surface area contributed by atoms with Gasteiger partial charge in [-0.1, -0.05) is 0 Å². The summed E-state index contributed by atoms with van der Waals surface area (Å²) in [7, 11) is 0. The molecule has 1 unspecified atom stereocenters. The summed E-state index contributed by atoms with van der Waals surface area (Å²) in [5.41, 5.74) is 0.901. The summed E-state index contributed by atoms with van der Waals surface area (Å²) in [4.78, 5) is 21.2. The topological polar surface area (TPSA) is 110 Å². The van der Waals surface area contributed by atoms with E-state index in [2.05, 4.69) is 5.32 Å². The van der Waals surface area contributed by atoms with E-state index in [1.165, 1.54) is 24.3 Å². The Hall–Kier alpha value is -2.55. The number of benzene rings is 1. The van der Waals surface area contributed by atoms with Crippen molar-refractivity contribution in [2.75, 3.05) is 5.32 Å². The highest BCUT2D eigenvalue weighted by Crippen LogP contribution is 2.11. The molecule has 1 aromatic rings. The van der Waals surface area contributed by atoms with Gasteiger partial charge in [0, 0.05) is 5.69 Å². The van der Waals surface area contributed by atoms with Crippen molar-refractivity contribution in [3.05, 3.63) is 29.8 Å². The van der Waals surface area contributed by atoms with Crippen LogP contribution in [0.25, 0.3) is 0 Å². The molecule has 0 bridgehead atoms. The number of nitriles is 1. The number of carboxylic acids is 2. The Bertz CT molecular complexity index is 461. The molecule has 1 aromatic carbocycles. The zero-order valence-corrected chi connectivity index (χ0v) is 8.75. The van der Waals surface area contributed by atoms with E-state index in [4.69, 9.17) is 15.5 Å². The maximum atomic E-state index is 10.8. The molecule has 1 atom stereocenters. The average Bonchev–Trinajstić information content (AvgIpc) is 2.28. The van der Waals surface area contributed by atoms with Crippen molar-refractivity contribution in [1.29, 1.82) is 5.26 Å². The third-order valence-electron chi connectivity index (χ3n) is 2.03. The third kappa shape index (κ3) is 3.83. The lowest BCUT2D eigenvalue weighted by atomic mass is 10.1. The molecule has 6 heteroatoms. The third-order valence-corrected chi connectivity index (χ3v) is 2.03. The van der Waals surface area contributed by atoms with Crippen molar-refractivity contribution in [2.24, 2.45) is 0 Å². The summed E-state index contributed by atoms with van der Waals surface area (Å²) in [6, 6.07) is 6.81. The van der Waals surface area contributed by atoms with Gasteiger partial charge in [-0.2, -0.15) is 5.26 Å². The van der Waals surface area contributed by atoms with Gasteiger partial charge in [-0.15, -0.1) is 0 Å². The average molecular weight is 234 g/mol. The fraction of sp³-hybridized carbons (Fsp3) is 0.182. The van der Waals surface area contributed by atoms with Crippen molar-refractivity contribution >= 4 is 17.6 Å². The lowest BCUT2D eigenvalue weighted by Gasteiger charge is -2.13. The highest BCUT2D eigenvalue weighted by Gasteiger charge is 2.20. The van der Waals surface area contributed by atoms with E-state index in [9.17, 15) is 9.59 Å². The first kappa shape index (κ1) is 12.5. The zero-order chi connectivity index (χ0) is 12.8. The van der Waals surface area contributed by atoms with Crippen LogP contribution in [0, 0.1) is 11.3 Å². The Kier molecular flexibility index (Phi) is 4.06. The Morgan fingerprint density at radius 3 is 2.29 bits per heavy atom. The monoisotopic (exact) mass is 234 g/mol. The second kappa shape index (κ2) is 5.51. The van der Waals surface area contributed by atoms with Gasteiger partial charge in [-0.05, 0) is 24.3 Å². The molecular weight excluding hydrogens is 224 g/mol. The normalized spacial score (nSPS) is 11.2. The van der Waals surface area contributed by atoms with Gasteiger partial charge >= 0.3 is 11.9 Å². The van der Waals surface area contributed by atoms with Crippen LogP contribution in [-0.4, -0.2) is 28.2 Å². The maximum Gasteiger partial charge on any atom is 0.326 e. The molecule has 0 aliphatic carbocycles. The van der Waals surface area contributed by atoms with Gasteiger partial charge in [-0.3, -0.25) is 4.79 Å². The molecule has 3 N–H and O–H groups in total. The number of nitrogens with zero attached hydrogens (tertiary/aromatic N) is 1. The lowest BCUT2D eigenvalue weighted by molar-refractivity contribution is -0.144. The highest BCUT2D eigenvalue weighted by atomic mass is 16.4. The number of rotatable bonds is 5. The summed E-state index contributed by atoms with van der Waals surface area (Å²) in [5, 5.41) is 28.5. The van der Waals surface area contributed by atoms with Gasteiger partial charge in [0.1, 0.15) is 6.04 Å². The number of aliphatic carboxylic acids is 2. The van der Waals surface area contributed by atoms with E-state index in [0.29, 0.717) is 11.3 Å². The van der Waals surface area contributed by atoms with Crippen LogP contribution in [0.3, 0.4) is 0 Å². The molecule has 1 rings (SSSR count). The Morgan fingerprint density at radius 2 is 1.88 bits per heavy atom. The van der Waals surface area contributed by atoms with E-state index >= 15 is 0 Å². The SMILES string of the molecule is N#Cc1ccc(NC(CC(=O)O)C(=O)O)cc1. The summed E-state index contributed by atoms with van der Waals surface area (Å²) in [6.45, 7) is 0. The van der Waals surface area contributed by atoms with Crippen LogP contribution >= 0.6 is 0 Å². The van der Waals surface area contributed by atoms with E-state index in [1.807, 2.05) is 6.07 Å². The molecule has 88 valence electrons. The number of hydrogen-bond acceptors (Lipinski definition) is 4. The summed E-state index contributed by atoms with van der Waals surface area (Å²) in [5.74, 6) is -2.43. The molecule has 0 aliphatic heterocycles. The minimum atomic E-state index is -1.24. The van der Waals surface area contributed by atoms with Crippen molar-refractivity contribution in [3.63, 3.8) is 0 Å². The molecule has 0 saturated heterocycles. The summed E-state index contributed by atoms with van der Waals surface area (Å²) >= 11 is 0. The van der Waals surface area contributed by atoms with Crippen LogP contribution in [0.15, 0.2) is 24.3 Å². The van der Waals surface area contributed by atoms with Crippen LogP contribution in [0.4, 0.5) is 5.69 Å². The smallest absolute Gasteiger partial charge is 0.326 e. The number of nitrogens with one attached hydrogen (secondary N) is 1. The second-order valence-corrected chi connectivity index (χ2v) is 3.32. The molecule has 0 radical (unpaired) electrons. The number of hydrogen-bond donors (Lipinski definition) is 3. The molecule has 0 aromatic heterocycles. The second-order valence-electron chi connectivity index (χ2n) is 3.32. The number of anilines is 1. The molecule has 0 saturated carbocycles. The Balaban J connectivity index is 2.75. The highest BCUT2D eigenvalue weighted by molar-refractivity contribution is 5.83. The number of carboxylic acid groups (broad SMARTS) is 2. The van der Waals surface area contributed by atoms with Crippen molar-refractivity contribution in [3.8, 4) is 6.07 Å². The molecule has 17 heavy (non-hydrogen) atoms. The lowest BCUT2D eigenvalue weighted by Crippen LogP contribution is -2.31. The fourth-order valence-electron chi connectivity index (χ4n) is 1.22. The van der Waals surface area contributed by atoms with E-state index < -0.39 is 24.4 Å². The molecular formula is C11H10N2O4. The first-order valence-corrected chi connectivity index (χ1v) is 4.74. The van der Waals surface area contributed by atoms with Crippen LogP contribution in [0.5, 0.6) is 0 Å². The Labute approximate surface area is 97.1 Å². The minimum Gasteiger partial charge on any atom is -0.481 e. The van der Waals surface area contributed by atoms with Crippen LogP contribution in [0.2, 0.25) is 0 Å². The minimum absolute atomic E-state index is 0.445. The first-order chi connectivity index (χ1) is 8.02. The zero-order valence-electron chi connectivity index (χ0n) is 8.75. The molecule has 0 aliphatic rings. The fourth-order valence-corrected chi connectivity index (χ4v) is 1.22. The predicted octanol–water partition coefficient (Wildman–Crippen LogP) is 0.898. The molecule has 0 amide bonds. The Morgan fingerprint density at radius 1 is 1.29 bits per heavy atom. The summed E-state index contributed by atoms with van der Waals surface area (Å²) < 4.78 is 0. The first-order valence-electron chi connectivity index (χ1n) is 4.74. The van der Waals surface area contributed by atoms with Crippen LogP contribution < -0.4 is 5.32 Å². The van der Waals surface area contributed by atoms with Crippen LogP contribution in [-0.2, 0) is 9.59 Å². The van der Waals surface area contributed by atoms with Crippen molar-refractivity contribution < 1.29 is 19.8 Å². The molecule has 0 spiro atoms. The van der Waals surface area contributed by atoms with Crippen LogP contribution in [0.1, 0.15) is 12.0 Å². The van der Waals surface area contributed by atoms with E-state index in [0.717, 1.165) is 0 Å². The van der Waals surface area contributed by atoms with Gasteiger partial charge < -0.3 is 15.5 Å². The van der Waals surface area contributed by atoms with E-state index in [-0.39, 0.29) is 0 Å². The van der Waals surface area contributed by atoms with Gasteiger partial charge in [0.2, 0.25) is 0 Å². The van der Waals surface area contributed by atoms with Gasteiger partial charge in [0.05, 0.1) is 18.1 Å².